The van der Waals surface area contributed by atoms with Crippen LogP contribution in [0.2, 0.25) is 0 Å². The first kappa shape index (κ1) is 13.3. The van der Waals surface area contributed by atoms with Crippen LogP contribution < -0.4 is 15.5 Å². The van der Waals surface area contributed by atoms with Gasteiger partial charge in [0.05, 0.1) is 11.1 Å². The minimum atomic E-state index is -0.325. The molecule has 2 aliphatic rings. The van der Waals surface area contributed by atoms with Crippen LogP contribution in [0.25, 0.3) is 0 Å². The molecule has 1 saturated heterocycles. The molecule has 2 aliphatic heterocycles. The Hall–Kier alpha value is -1.69. The number of rotatable bonds is 2. The number of anilines is 1. The molecule has 1 unspecified atom stereocenters. The van der Waals surface area contributed by atoms with E-state index in [0.717, 1.165) is 50.5 Å². The quantitative estimate of drug-likeness (QED) is 0.800. The Labute approximate surface area is 119 Å². The van der Waals surface area contributed by atoms with E-state index in [4.69, 9.17) is 0 Å². The van der Waals surface area contributed by atoms with E-state index in [-0.39, 0.29) is 11.3 Å². The van der Waals surface area contributed by atoms with Crippen LogP contribution in [0.3, 0.4) is 0 Å². The minimum absolute atomic E-state index is 0.112. The number of carbonyl (C=O) groups is 1. The smallest absolute Gasteiger partial charge is 0.227 e. The number of nitrogens with one attached hydrogen (secondary N) is 2. The van der Waals surface area contributed by atoms with Crippen molar-refractivity contribution in [3.05, 3.63) is 17.6 Å². The maximum atomic E-state index is 12.0. The van der Waals surface area contributed by atoms with Gasteiger partial charge in [-0.05, 0) is 13.3 Å². The average Bonchev–Trinajstić information content (AvgIpc) is 2.89. The number of nitrogens with zero attached hydrogens (tertiary/aromatic N) is 3. The van der Waals surface area contributed by atoms with E-state index >= 15 is 0 Å². The lowest BCUT2D eigenvalue weighted by Gasteiger charge is -2.26. The molecule has 1 atom stereocenters. The van der Waals surface area contributed by atoms with E-state index in [1.807, 2.05) is 6.92 Å². The summed E-state index contributed by atoms with van der Waals surface area (Å²) in [4.78, 5) is 23.1. The zero-order chi connectivity index (χ0) is 14.2. The first-order chi connectivity index (χ1) is 9.64. The average molecular weight is 275 g/mol. The van der Waals surface area contributed by atoms with E-state index in [0.29, 0.717) is 0 Å². The Morgan fingerprint density at radius 1 is 1.50 bits per heavy atom. The fourth-order valence-corrected chi connectivity index (χ4v) is 3.16. The number of aromatic nitrogens is 2. The molecule has 2 N–H and O–H groups in total. The third-order valence-electron chi connectivity index (χ3n) is 4.40. The van der Waals surface area contributed by atoms with E-state index in [2.05, 4.69) is 25.5 Å². The highest BCUT2D eigenvalue weighted by atomic mass is 16.2. The number of hydrogen-bond acceptors (Lipinski definition) is 5. The van der Waals surface area contributed by atoms with Crippen LogP contribution in [0.4, 0.5) is 5.82 Å². The van der Waals surface area contributed by atoms with E-state index < -0.39 is 0 Å². The van der Waals surface area contributed by atoms with Gasteiger partial charge in [0.1, 0.15) is 12.1 Å². The van der Waals surface area contributed by atoms with Crippen molar-refractivity contribution in [1.82, 2.24) is 20.6 Å². The van der Waals surface area contributed by atoms with Crippen molar-refractivity contribution in [3.8, 4) is 0 Å². The summed E-state index contributed by atoms with van der Waals surface area (Å²) in [7, 11) is 1.70. The molecule has 6 nitrogen and oxygen atoms in total. The lowest BCUT2D eigenvalue weighted by molar-refractivity contribution is -0.128. The van der Waals surface area contributed by atoms with Crippen molar-refractivity contribution >= 4 is 11.7 Å². The second-order valence-electron chi connectivity index (χ2n) is 5.86. The molecule has 0 bridgehead atoms. The van der Waals surface area contributed by atoms with Gasteiger partial charge in [0.2, 0.25) is 5.91 Å². The molecule has 1 aromatic rings. The summed E-state index contributed by atoms with van der Waals surface area (Å²) < 4.78 is 0. The molecule has 0 radical (unpaired) electrons. The SMILES string of the molecule is CNC(=O)C1(C)CCN(c2ncnc3c2CNCC3)C1. The van der Waals surface area contributed by atoms with Gasteiger partial charge in [-0.15, -0.1) is 0 Å². The predicted molar refractivity (Wildman–Crippen MR) is 76.4 cm³/mol. The van der Waals surface area contributed by atoms with Crippen molar-refractivity contribution in [2.24, 2.45) is 5.41 Å². The van der Waals surface area contributed by atoms with Crippen LogP contribution >= 0.6 is 0 Å². The molecule has 0 saturated carbocycles. The summed E-state index contributed by atoms with van der Waals surface area (Å²) in [5, 5.41) is 6.14. The maximum absolute atomic E-state index is 12.0. The van der Waals surface area contributed by atoms with Gasteiger partial charge in [0.25, 0.3) is 0 Å². The summed E-state index contributed by atoms with van der Waals surface area (Å²) in [6, 6.07) is 0. The normalized spacial score (nSPS) is 25.4. The standard InChI is InChI=1S/C14H21N5O/c1-14(13(20)15-2)4-6-19(8-14)12-10-7-16-5-3-11(10)17-9-18-12/h9,16H,3-8H2,1-2H3,(H,15,20). The Morgan fingerprint density at radius 3 is 3.15 bits per heavy atom. The Kier molecular flexibility index (Phi) is 3.33. The summed E-state index contributed by atoms with van der Waals surface area (Å²) >= 11 is 0. The zero-order valence-corrected chi connectivity index (χ0v) is 12.1. The molecule has 3 rings (SSSR count). The second kappa shape index (κ2) is 5.01. The van der Waals surface area contributed by atoms with Crippen molar-refractivity contribution < 1.29 is 4.79 Å². The first-order valence-electron chi connectivity index (χ1n) is 7.15. The fourth-order valence-electron chi connectivity index (χ4n) is 3.16. The number of carbonyl (C=O) groups excluding carboxylic acids is 1. The summed E-state index contributed by atoms with van der Waals surface area (Å²) in [6.07, 6.45) is 3.46. The van der Waals surface area contributed by atoms with E-state index in [1.165, 1.54) is 5.56 Å². The van der Waals surface area contributed by atoms with Gasteiger partial charge >= 0.3 is 0 Å². The van der Waals surface area contributed by atoms with Crippen molar-refractivity contribution in [1.29, 1.82) is 0 Å². The highest BCUT2D eigenvalue weighted by Gasteiger charge is 2.41. The number of fused-ring (bicyclic) bond motifs is 1. The van der Waals surface area contributed by atoms with Crippen LogP contribution in [-0.4, -0.2) is 42.6 Å². The van der Waals surface area contributed by atoms with Crippen molar-refractivity contribution in [2.45, 2.75) is 26.3 Å². The molecule has 1 amide bonds. The van der Waals surface area contributed by atoms with Crippen LogP contribution in [0.15, 0.2) is 6.33 Å². The summed E-state index contributed by atoms with van der Waals surface area (Å²) in [5.41, 5.74) is 2.01. The topological polar surface area (TPSA) is 70.2 Å². The van der Waals surface area contributed by atoms with Crippen molar-refractivity contribution in [3.63, 3.8) is 0 Å². The van der Waals surface area contributed by atoms with E-state index in [9.17, 15) is 4.79 Å². The van der Waals surface area contributed by atoms with Gasteiger partial charge in [0, 0.05) is 45.2 Å². The van der Waals surface area contributed by atoms with Crippen molar-refractivity contribution in [2.75, 3.05) is 31.6 Å². The number of amides is 1. The Morgan fingerprint density at radius 2 is 2.35 bits per heavy atom. The zero-order valence-electron chi connectivity index (χ0n) is 12.1. The fraction of sp³-hybridized carbons (Fsp3) is 0.643. The lowest BCUT2D eigenvalue weighted by atomic mass is 9.89. The van der Waals surface area contributed by atoms with E-state index in [1.54, 1.807) is 13.4 Å². The van der Waals surface area contributed by atoms with Gasteiger partial charge < -0.3 is 15.5 Å². The Bertz CT molecular complexity index is 532. The molecule has 6 heteroatoms. The molecule has 0 aromatic carbocycles. The van der Waals surface area contributed by atoms with Crippen LogP contribution in [-0.2, 0) is 17.8 Å². The van der Waals surface area contributed by atoms with Gasteiger partial charge in [-0.2, -0.15) is 0 Å². The minimum Gasteiger partial charge on any atom is -0.359 e. The molecule has 1 aromatic heterocycles. The number of hydrogen-bond donors (Lipinski definition) is 2. The van der Waals surface area contributed by atoms with Gasteiger partial charge in [-0.1, -0.05) is 0 Å². The second-order valence-corrected chi connectivity index (χ2v) is 5.86. The Balaban J connectivity index is 1.87. The van der Waals surface area contributed by atoms with Gasteiger partial charge in [-0.25, -0.2) is 9.97 Å². The molecule has 1 fully saturated rings. The highest BCUT2D eigenvalue weighted by Crippen LogP contribution is 2.34. The molecular weight excluding hydrogens is 254 g/mol. The maximum Gasteiger partial charge on any atom is 0.227 e. The molecule has 108 valence electrons. The molecule has 20 heavy (non-hydrogen) atoms. The van der Waals surface area contributed by atoms with Crippen LogP contribution in [0.5, 0.6) is 0 Å². The largest absolute Gasteiger partial charge is 0.359 e. The summed E-state index contributed by atoms with van der Waals surface area (Å²) in [6.45, 7) is 5.40. The molecular formula is C14H21N5O. The molecule has 3 heterocycles. The van der Waals surface area contributed by atoms with Crippen LogP contribution in [0.1, 0.15) is 24.6 Å². The first-order valence-corrected chi connectivity index (χ1v) is 7.15. The highest BCUT2D eigenvalue weighted by molar-refractivity contribution is 5.83. The van der Waals surface area contributed by atoms with Gasteiger partial charge in [-0.3, -0.25) is 4.79 Å². The molecule has 0 spiro atoms. The summed E-state index contributed by atoms with van der Waals surface area (Å²) in [5.74, 6) is 1.11. The predicted octanol–water partition coefficient (Wildman–Crippen LogP) is 0.0847. The third kappa shape index (κ3) is 2.14. The monoisotopic (exact) mass is 275 g/mol. The van der Waals surface area contributed by atoms with Gasteiger partial charge in [0.15, 0.2) is 0 Å². The third-order valence-corrected chi connectivity index (χ3v) is 4.40. The molecule has 0 aliphatic carbocycles. The van der Waals surface area contributed by atoms with Crippen LogP contribution in [0, 0.1) is 5.41 Å². The lowest BCUT2D eigenvalue weighted by Crippen LogP contribution is -2.39.